The van der Waals surface area contributed by atoms with E-state index in [1.165, 1.54) is 5.56 Å². The third-order valence-corrected chi connectivity index (χ3v) is 3.77. The van der Waals surface area contributed by atoms with Crippen LogP contribution in [0.25, 0.3) is 0 Å². The summed E-state index contributed by atoms with van der Waals surface area (Å²) in [6.45, 7) is 5.02. The van der Waals surface area contributed by atoms with Gasteiger partial charge in [-0.25, -0.2) is 9.97 Å². The van der Waals surface area contributed by atoms with E-state index in [1.54, 1.807) is 11.8 Å². The third-order valence-electron chi connectivity index (χ3n) is 2.87. The lowest BCUT2D eigenvalue weighted by atomic mass is 10.0. The van der Waals surface area contributed by atoms with Crippen LogP contribution in [0.3, 0.4) is 0 Å². The molecule has 0 radical (unpaired) electrons. The van der Waals surface area contributed by atoms with E-state index in [4.69, 9.17) is 5.73 Å². The zero-order valence-corrected chi connectivity index (χ0v) is 12.2. The van der Waals surface area contributed by atoms with Crippen molar-refractivity contribution in [1.82, 2.24) is 9.97 Å². The Morgan fingerprint density at radius 2 is 1.74 bits per heavy atom. The predicted molar refractivity (Wildman–Crippen MR) is 79.4 cm³/mol. The first-order valence-corrected chi connectivity index (χ1v) is 7.29. The molecule has 0 saturated heterocycles. The van der Waals surface area contributed by atoms with Gasteiger partial charge in [0.1, 0.15) is 0 Å². The van der Waals surface area contributed by atoms with Gasteiger partial charge in [-0.1, -0.05) is 26.0 Å². The van der Waals surface area contributed by atoms with Crippen LogP contribution < -0.4 is 5.73 Å². The quantitative estimate of drug-likeness (QED) is 0.850. The Labute approximate surface area is 118 Å². The molecule has 0 aliphatic heterocycles. The maximum atomic E-state index is 5.50. The van der Waals surface area contributed by atoms with Crippen LogP contribution in [-0.2, 0) is 6.42 Å². The Hall–Kier alpha value is -1.39. The molecule has 3 nitrogen and oxygen atoms in total. The van der Waals surface area contributed by atoms with Crippen LogP contribution in [-0.4, -0.2) is 16.5 Å². The normalized spacial score (nSPS) is 10.9. The SMILES string of the molecule is CC(C)c1ccc(Sc2ncc(CCN)cn2)cc1. The molecule has 0 saturated carbocycles. The molecule has 0 bridgehead atoms. The van der Waals surface area contributed by atoms with Gasteiger partial charge in [0.15, 0.2) is 5.16 Å². The highest BCUT2D eigenvalue weighted by atomic mass is 32.2. The minimum absolute atomic E-state index is 0.561. The summed E-state index contributed by atoms with van der Waals surface area (Å²) in [6.07, 6.45) is 4.53. The lowest BCUT2D eigenvalue weighted by molar-refractivity contribution is 0.864. The molecule has 4 heteroatoms. The van der Waals surface area contributed by atoms with Gasteiger partial charge in [0.2, 0.25) is 0 Å². The highest BCUT2D eigenvalue weighted by Gasteiger charge is 2.03. The molecule has 1 heterocycles. The van der Waals surface area contributed by atoms with Crippen LogP contribution in [0.5, 0.6) is 0 Å². The molecule has 0 unspecified atom stereocenters. The summed E-state index contributed by atoms with van der Waals surface area (Å²) in [5, 5.41) is 0.776. The summed E-state index contributed by atoms with van der Waals surface area (Å²) in [5.41, 5.74) is 7.94. The van der Waals surface area contributed by atoms with Crippen LogP contribution in [0.2, 0.25) is 0 Å². The molecule has 1 aromatic heterocycles. The maximum Gasteiger partial charge on any atom is 0.192 e. The van der Waals surface area contributed by atoms with Crippen molar-refractivity contribution in [3.05, 3.63) is 47.8 Å². The Kier molecular flexibility index (Phi) is 4.93. The molecule has 2 rings (SSSR count). The molecule has 0 fully saturated rings. The van der Waals surface area contributed by atoms with E-state index < -0.39 is 0 Å². The number of rotatable bonds is 5. The topological polar surface area (TPSA) is 51.8 Å². The first-order chi connectivity index (χ1) is 9.19. The molecule has 1 aromatic carbocycles. The van der Waals surface area contributed by atoms with E-state index in [0.29, 0.717) is 12.5 Å². The Morgan fingerprint density at radius 1 is 1.11 bits per heavy atom. The zero-order valence-electron chi connectivity index (χ0n) is 11.3. The first-order valence-electron chi connectivity index (χ1n) is 6.48. The van der Waals surface area contributed by atoms with Gasteiger partial charge in [-0.05, 0) is 53.9 Å². The molecule has 0 amide bonds. The molecule has 0 aliphatic rings. The minimum Gasteiger partial charge on any atom is -0.330 e. The van der Waals surface area contributed by atoms with Crippen LogP contribution in [0, 0.1) is 0 Å². The average molecular weight is 273 g/mol. The highest BCUT2D eigenvalue weighted by Crippen LogP contribution is 2.26. The Morgan fingerprint density at radius 3 is 2.26 bits per heavy atom. The molecule has 19 heavy (non-hydrogen) atoms. The maximum absolute atomic E-state index is 5.50. The summed E-state index contributed by atoms with van der Waals surface area (Å²) >= 11 is 1.58. The van der Waals surface area contributed by atoms with Crippen molar-refractivity contribution in [2.75, 3.05) is 6.54 Å². The molecule has 0 aliphatic carbocycles. The van der Waals surface area contributed by atoms with E-state index in [-0.39, 0.29) is 0 Å². The second-order valence-electron chi connectivity index (χ2n) is 4.74. The lowest BCUT2D eigenvalue weighted by Crippen LogP contribution is -2.03. The summed E-state index contributed by atoms with van der Waals surface area (Å²) < 4.78 is 0. The number of aromatic nitrogens is 2. The van der Waals surface area contributed by atoms with Gasteiger partial charge < -0.3 is 5.73 Å². The smallest absolute Gasteiger partial charge is 0.192 e. The average Bonchev–Trinajstić information content (AvgIpc) is 2.42. The standard InChI is InChI=1S/C15H19N3S/c1-11(2)13-3-5-14(6-4-13)19-15-17-9-12(7-8-16)10-18-15/h3-6,9-11H,7-8,16H2,1-2H3. The van der Waals surface area contributed by atoms with Gasteiger partial charge in [-0.3, -0.25) is 0 Å². The molecule has 0 atom stereocenters. The van der Waals surface area contributed by atoms with Crippen molar-refractivity contribution >= 4 is 11.8 Å². The summed E-state index contributed by atoms with van der Waals surface area (Å²) in [5.74, 6) is 0.561. The van der Waals surface area contributed by atoms with Crippen LogP contribution in [0.1, 0.15) is 30.9 Å². The van der Waals surface area contributed by atoms with Gasteiger partial charge in [-0.2, -0.15) is 0 Å². The molecular formula is C15H19N3S. The van der Waals surface area contributed by atoms with Crippen molar-refractivity contribution in [2.24, 2.45) is 5.73 Å². The number of nitrogens with two attached hydrogens (primary N) is 1. The second-order valence-corrected chi connectivity index (χ2v) is 5.78. The summed E-state index contributed by atoms with van der Waals surface area (Å²) in [6, 6.07) is 8.57. The number of hydrogen-bond acceptors (Lipinski definition) is 4. The fourth-order valence-corrected chi connectivity index (χ4v) is 2.41. The van der Waals surface area contributed by atoms with Crippen molar-refractivity contribution in [2.45, 2.75) is 36.2 Å². The lowest BCUT2D eigenvalue weighted by Gasteiger charge is -2.06. The number of benzene rings is 1. The molecule has 100 valence electrons. The predicted octanol–water partition coefficient (Wildman–Crippen LogP) is 3.25. The van der Waals surface area contributed by atoms with Crippen LogP contribution >= 0.6 is 11.8 Å². The highest BCUT2D eigenvalue weighted by molar-refractivity contribution is 7.99. The number of hydrogen-bond donors (Lipinski definition) is 1. The van der Waals surface area contributed by atoms with Crippen molar-refractivity contribution in [1.29, 1.82) is 0 Å². The minimum atomic E-state index is 0.561. The van der Waals surface area contributed by atoms with Gasteiger partial charge in [0.25, 0.3) is 0 Å². The van der Waals surface area contributed by atoms with Crippen molar-refractivity contribution in [3.8, 4) is 0 Å². The summed E-state index contributed by atoms with van der Waals surface area (Å²) in [7, 11) is 0. The van der Waals surface area contributed by atoms with Crippen LogP contribution in [0.15, 0.2) is 46.7 Å². The van der Waals surface area contributed by atoms with E-state index in [0.717, 1.165) is 22.0 Å². The van der Waals surface area contributed by atoms with Crippen molar-refractivity contribution in [3.63, 3.8) is 0 Å². The first kappa shape index (κ1) is 14.0. The van der Waals surface area contributed by atoms with Crippen molar-refractivity contribution < 1.29 is 0 Å². The number of nitrogens with zero attached hydrogens (tertiary/aromatic N) is 2. The van der Waals surface area contributed by atoms with E-state index in [9.17, 15) is 0 Å². The molecule has 2 N–H and O–H groups in total. The molecule has 0 spiro atoms. The zero-order chi connectivity index (χ0) is 13.7. The van der Waals surface area contributed by atoms with Gasteiger partial charge in [0, 0.05) is 17.3 Å². The fourth-order valence-electron chi connectivity index (χ4n) is 1.72. The third kappa shape index (κ3) is 4.04. The molecular weight excluding hydrogens is 254 g/mol. The van der Waals surface area contributed by atoms with Crippen LogP contribution in [0.4, 0.5) is 0 Å². The summed E-state index contributed by atoms with van der Waals surface area (Å²) in [4.78, 5) is 9.86. The van der Waals surface area contributed by atoms with E-state index in [1.807, 2.05) is 12.4 Å². The Bertz CT molecular complexity index is 506. The second kappa shape index (κ2) is 6.68. The van der Waals surface area contributed by atoms with Gasteiger partial charge in [0.05, 0.1) is 0 Å². The fraction of sp³-hybridized carbons (Fsp3) is 0.333. The van der Waals surface area contributed by atoms with Gasteiger partial charge in [-0.15, -0.1) is 0 Å². The molecule has 2 aromatic rings. The van der Waals surface area contributed by atoms with E-state index in [2.05, 4.69) is 48.1 Å². The largest absolute Gasteiger partial charge is 0.330 e. The van der Waals surface area contributed by atoms with E-state index >= 15 is 0 Å². The Balaban J connectivity index is 2.04. The monoisotopic (exact) mass is 273 g/mol. The van der Waals surface area contributed by atoms with Gasteiger partial charge >= 0.3 is 0 Å².